The van der Waals surface area contributed by atoms with Crippen molar-refractivity contribution in [1.29, 1.82) is 0 Å². The summed E-state index contributed by atoms with van der Waals surface area (Å²) >= 11 is 7.39. The lowest BCUT2D eigenvalue weighted by Crippen LogP contribution is -2.23. The highest BCUT2D eigenvalue weighted by atomic mass is 35.5. The molecule has 2 N–H and O–H groups in total. The number of hydrogen-bond acceptors (Lipinski definition) is 6. The Kier molecular flexibility index (Phi) is 4.29. The Bertz CT molecular complexity index is 1270. The number of fused-ring (bicyclic) bond motifs is 2. The van der Waals surface area contributed by atoms with Crippen molar-refractivity contribution in [1.82, 2.24) is 23.7 Å². The molecule has 4 aromatic heterocycles. The van der Waals surface area contributed by atoms with Crippen molar-refractivity contribution >= 4 is 54.9 Å². The molecule has 27 heavy (non-hydrogen) atoms. The molecule has 0 aliphatic heterocycles. The maximum Gasteiger partial charge on any atom is 0.404 e. The maximum absolute atomic E-state index is 13.3. The molecule has 4 rings (SSSR count). The second-order valence-electron chi connectivity index (χ2n) is 5.59. The van der Waals surface area contributed by atoms with Crippen LogP contribution in [0.3, 0.4) is 0 Å². The minimum atomic E-state index is -4.04. The summed E-state index contributed by atoms with van der Waals surface area (Å²) in [4.78, 5) is 19.3. The Morgan fingerprint density at radius 1 is 1.41 bits per heavy atom. The van der Waals surface area contributed by atoms with Gasteiger partial charge in [0.15, 0.2) is 10.1 Å². The highest BCUT2D eigenvalue weighted by molar-refractivity contribution is 7.90. The van der Waals surface area contributed by atoms with Crippen LogP contribution in [0.25, 0.3) is 15.9 Å². The molecule has 0 spiro atoms. The zero-order valence-corrected chi connectivity index (χ0v) is 15.9. The number of amides is 1. The highest BCUT2D eigenvalue weighted by Gasteiger charge is 2.29. The van der Waals surface area contributed by atoms with E-state index in [-0.39, 0.29) is 16.7 Å². The van der Waals surface area contributed by atoms with Crippen molar-refractivity contribution in [3.63, 3.8) is 0 Å². The van der Waals surface area contributed by atoms with E-state index < -0.39 is 16.1 Å². The average molecular weight is 426 g/mol. The number of rotatable bonds is 5. The fourth-order valence-corrected chi connectivity index (χ4v) is 5.68. The number of aromatic nitrogens is 4. The van der Waals surface area contributed by atoms with Gasteiger partial charge >= 0.3 is 6.09 Å². The number of thiazole rings is 1. The van der Waals surface area contributed by atoms with Gasteiger partial charge in [0.05, 0.1) is 5.52 Å². The van der Waals surface area contributed by atoms with Gasteiger partial charge in [0, 0.05) is 42.1 Å². The van der Waals surface area contributed by atoms with Crippen LogP contribution in [-0.2, 0) is 16.4 Å². The summed E-state index contributed by atoms with van der Waals surface area (Å²) < 4.78 is 29.2. The van der Waals surface area contributed by atoms with Gasteiger partial charge in [0.1, 0.15) is 0 Å². The van der Waals surface area contributed by atoms with Crippen LogP contribution in [0.4, 0.5) is 4.79 Å². The molecule has 0 fully saturated rings. The number of carbonyl (C=O) groups is 1. The van der Waals surface area contributed by atoms with Gasteiger partial charge in [-0.15, -0.1) is 11.3 Å². The van der Waals surface area contributed by atoms with E-state index in [1.807, 2.05) is 0 Å². The first kappa shape index (κ1) is 17.8. The number of carboxylic acid groups (broad SMARTS) is 1. The molecule has 0 bridgehead atoms. The molecule has 0 saturated heterocycles. The molecule has 0 atom stereocenters. The summed E-state index contributed by atoms with van der Waals surface area (Å²) in [7, 11) is -4.04. The van der Waals surface area contributed by atoms with Crippen LogP contribution >= 0.6 is 22.9 Å². The first-order valence-corrected chi connectivity index (χ1v) is 10.4. The number of hydrogen-bond donors (Lipinski definition) is 2. The van der Waals surface area contributed by atoms with Crippen LogP contribution < -0.4 is 5.32 Å². The minimum absolute atomic E-state index is 0.105. The molecular formula is C15H12ClN5O4S2. The molecule has 140 valence electrons. The Labute approximate surface area is 161 Å². The van der Waals surface area contributed by atoms with E-state index in [4.69, 9.17) is 16.7 Å². The molecule has 0 radical (unpaired) electrons. The average Bonchev–Trinajstić information content (AvgIpc) is 3.27. The summed E-state index contributed by atoms with van der Waals surface area (Å²) in [6, 6.07) is 1.58. The Morgan fingerprint density at radius 2 is 2.22 bits per heavy atom. The van der Waals surface area contributed by atoms with E-state index in [9.17, 15) is 13.2 Å². The number of imidazole rings is 1. The molecule has 0 aliphatic carbocycles. The van der Waals surface area contributed by atoms with Crippen molar-refractivity contribution < 1.29 is 18.3 Å². The van der Waals surface area contributed by atoms with Gasteiger partial charge in [-0.05, 0) is 18.1 Å². The van der Waals surface area contributed by atoms with E-state index in [0.29, 0.717) is 27.8 Å². The van der Waals surface area contributed by atoms with E-state index in [1.54, 1.807) is 23.8 Å². The zero-order valence-electron chi connectivity index (χ0n) is 13.5. The summed E-state index contributed by atoms with van der Waals surface area (Å²) in [6.07, 6.45) is 5.27. The van der Waals surface area contributed by atoms with Gasteiger partial charge in [0.2, 0.25) is 5.03 Å². The van der Waals surface area contributed by atoms with E-state index in [2.05, 4.69) is 15.3 Å². The lowest BCUT2D eigenvalue weighted by Gasteiger charge is -2.06. The van der Waals surface area contributed by atoms with Crippen molar-refractivity contribution in [3.05, 3.63) is 47.0 Å². The molecular weight excluding hydrogens is 414 g/mol. The van der Waals surface area contributed by atoms with Crippen LogP contribution in [0.15, 0.2) is 41.3 Å². The van der Waals surface area contributed by atoms with Gasteiger partial charge in [0.25, 0.3) is 10.0 Å². The second kappa shape index (κ2) is 6.51. The fraction of sp³-hybridized carbons (Fsp3) is 0.133. The van der Waals surface area contributed by atoms with Gasteiger partial charge in [-0.25, -0.2) is 13.8 Å². The predicted molar refractivity (Wildman–Crippen MR) is 100 cm³/mol. The quantitative estimate of drug-likeness (QED) is 0.507. The third-order valence-electron chi connectivity index (χ3n) is 4.01. The molecule has 0 aromatic carbocycles. The SMILES string of the molecule is O=C(O)NCCc1cn(S(=O)(=O)c2c(Cl)nc3sccn23)c2ccncc12. The predicted octanol–water partition coefficient (Wildman–Crippen LogP) is 2.45. The van der Waals surface area contributed by atoms with Crippen molar-refractivity contribution in [3.8, 4) is 0 Å². The Hall–Kier alpha value is -2.63. The number of pyridine rings is 1. The Balaban J connectivity index is 1.87. The fourth-order valence-electron chi connectivity index (χ4n) is 2.87. The van der Waals surface area contributed by atoms with Crippen LogP contribution in [0, 0.1) is 0 Å². The summed E-state index contributed by atoms with van der Waals surface area (Å²) in [5.74, 6) is 0. The maximum atomic E-state index is 13.3. The summed E-state index contributed by atoms with van der Waals surface area (Å²) in [5.41, 5.74) is 1.08. The molecule has 9 nitrogen and oxygen atoms in total. The topological polar surface area (TPSA) is 119 Å². The van der Waals surface area contributed by atoms with Gasteiger partial charge in [-0.2, -0.15) is 8.42 Å². The van der Waals surface area contributed by atoms with E-state index in [0.717, 1.165) is 3.97 Å². The molecule has 0 aliphatic rings. The number of nitrogens with zero attached hydrogens (tertiary/aromatic N) is 4. The lowest BCUT2D eigenvalue weighted by molar-refractivity contribution is 0.194. The van der Waals surface area contributed by atoms with Crippen LogP contribution in [-0.4, -0.2) is 44.5 Å². The molecule has 0 saturated carbocycles. The third kappa shape index (κ3) is 2.93. The molecule has 4 heterocycles. The third-order valence-corrected chi connectivity index (χ3v) is 6.84. The summed E-state index contributed by atoms with van der Waals surface area (Å²) in [6.45, 7) is 0.144. The highest BCUT2D eigenvalue weighted by Crippen LogP contribution is 2.30. The number of nitrogens with one attached hydrogen (secondary N) is 1. The molecule has 1 amide bonds. The zero-order chi connectivity index (χ0) is 19.2. The first-order valence-electron chi connectivity index (χ1n) is 7.67. The monoisotopic (exact) mass is 425 g/mol. The smallest absolute Gasteiger partial charge is 0.404 e. The second-order valence-corrected chi connectivity index (χ2v) is 8.55. The number of halogens is 1. The van der Waals surface area contributed by atoms with Gasteiger partial charge < -0.3 is 10.4 Å². The van der Waals surface area contributed by atoms with E-state index in [1.165, 1.54) is 28.1 Å². The molecule has 4 aromatic rings. The largest absolute Gasteiger partial charge is 0.465 e. The van der Waals surface area contributed by atoms with Gasteiger partial charge in [-0.3, -0.25) is 9.38 Å². The van der Waals surface area contributed by atoms with Crippen LogP contribution in [0.2, 0.25) is 5.15 Å². The van der Waals surface area contributed by atoms with Crippen LogP contribution in [0.5, 0.6) is 0 Å². The van der Waals surface area contributed by atoms with Crippen molar-refractivity contribution in [2.45, 2.75) is 11.4 Å². The van der Waals surface area contributed by atoms with Gasteiger partial charge in [-0.1, -0.05) is 11.6 Å². The minimum Gasteiger partial charge on any atom is -0.465 e. The molecule has 12 heteroatoms. The van der Waals surface area contributed by atoms with Crippen LogP contribution in [0.1, 0.15) is 5.56 Å². The Morgan fingerprint density at radius 3 is 3.00 bits per heavy atom. The first-order chi connectivity index (χ1) is 12.9. The lowest BCUT2D eigenvalue weighted by atomic mass is 10.1. The molecule has 0 unspecified atom stereocenters. The standard InChI is InChI=1S/C15H12ClN5O4S2/c16-12-13(20-5-6-26-14(20)19-12)27(24,25)21-8-9(1-4-18-15(22)23)10-7-17-3-2-11(10)21/h2-3,5-8,18H,1,4H2,(H,22,23). The van der Waals surface area contributed by atoms with E-state index >= 15 is 0 Å². The van der Waals surface area contributed by atoms with Crippen molar-refractivity contribution in [2.24, 2.45) is 0 Å². The summed E-state index contributed by atoms with van der Waals surface area (Å²) in [5, 5.41) is 13.1. The van der Waals surface area contributed by atoms with Crippen molar-refractivity contribution in [2.75, 3.05) is 6.54 Å². The normalized spacial score (nSPS) is 12.0.